The molecule has 0 bridgehead atoms. The molecule has 0 unspecified atom stereocenters. The molecule has 0 aliphatic carbocycles. The number of rotatable bonds is 9. The van der Waals surface area contributed by atoms with E-state index in [-0.39, 0.29) is 43.0 Å². The second kappa shape index (κ2) is 9.94. The van der Waals surface area contributed by atoms with Crippen molar-refractivity contribution >= 4 is 27.7 Å². The Labute approximate surface area is 198 Å². The van der Waals surface area contributed by atoms with Crippen LogP contribution in [0.3, 0.4) is 0 Å². The van der Waals surface area contributed by atoms with Gasteiger partial charge in [0.05, 0.1) is 24.0 Å². The van der Waals surface area contributed by atoms with E-state index >= 15 is 0 Å². The van der Waals surface area contributed by atoms with Crippen molar-refractivity contribution in [2.45, 2.75) is 25.8 Å². The molecule has 10 heteroatoms. The van der Waals surface area contributed by atoms with Crippen LogP contribution in [0.1, 0.15) is 44.7 Å². The predicted octanol–water partition coefficient (Wildman–Crippen LogP) is 1.58. The molecule has 0 spiro atoms. The van der Waals surface area contributed by atoms with Crippen molar-refractivity contribution in [3.63, 3.8) is 0 Å². The Balaban J connectivity index is 1.20. The lowest BCUT2D eigenvalue weighted by atomic mass is 10.0. The molecule has 2 aromatic carbocycles. The molecule has 0 saturated carbocycles. The zero-order valence-electron chi connectivity index (χ0n) is 19.0. The number of sulfonamides is 1. The summed E-state index contributed by atoms with van der Waals surface area (Å²) >= 11 is 0. The molecular weight excluding hydrogens is 458 g/mol. The molecule has 0 aromatic heterocycles. The zero-order valence-corrected chi connectivity index (χ0v) is 19.8. The van der Waals surface area contributed by atoms with Gasteiger partial charge in [0.15, 0.2) is 0 Å². The monoisotopic (exact) mass is 485 g/mol. The lowest BCUT2D eigenvalue weighted by molar-refractivity contribution is -0.121. The number of methoxy groups -OCH3 is 1. The molecule has 180 valence electrons. The maximum atomic E-state index is 12.7. The summed E-state index contributed by atoms with van der Waals surface area (Å²) in [7, 11) is -1.93. The molecule has 0 fully saturated rings. The number of imide groups is 1. The van der Waals surface area contributed by atoms with Gasteiger partial charge in [0.1, 0.15) is 5.75 Å². The van der Waals surface area contributed by atoms with Crippen molar-refractivity contribution in [2.24, 2.45) is 0 Å². The summed E-state index contributed by atoms with van der Waals surface area (Å²) in [5.41, 5.74) is 2.79. The summed E-state index contributed by atoms with van der Waals surface area (Å²) in [6.07, 6.45) is 0.999. The molecule has 1 N–H and O–H groups in total. The van der Waals surface area contributed by atoms with Crippen LogP contribution < -0.4 is 10.1 Å². The van der Waals surface area contributed by atoms with E-state index in [0.29, 0.717) is 37.1 Å². The van der Waals surface area contributed by atoms with Crippen LogP contribution in [0, 0.1) is 0 Å². The largest absolute Gasteiger partial charge is 0.497 e. The normalized spacial score (nSPS) is 15.7. The minimum atomic E-state index is -3.53. The summed E-state index contributed by atoms with van der Waals surface area (Å²) in [6.45, 7) is 0.822. The maximum absolute atomic E-state index is 12.7. The molecule has 2 heterocycles. The Kier molecular flexibility index (Phi) is 6.99. The number of hydrogen-bond acceptors (Lipinski definition) is 6. The summed E-state index contributed by atoms with van der Waals surface area (Å²) in [6, 6.07) is 12.3. The molecule has 0 atom stereocenters. The standard InChI is InChI=1S/C24H27N3O6S/c1-33-19-9-8-18-16-26(13-10-17(18)15-19)34(31,32)14-11-25-22(28)7-4-12-27-23(29)20-5-2-3-6-21(20)24(27)30/h2-3,5-6,8-9,15H,4,7,10-14,16H2,1H3,(H,25,28). The third kappa shape index (κ3) is 4.97. The van der Waals surface area contributed by atoms with Crippen LogP contribution >= 0.6 is 0 Å². The highest BCUT2D eigenvalue weighted by Crippen LogP contribution is 2.25. The topological polar surface area (TPSA) is 113 Å². The number of hydrogen-bond donors (Lipinski definition) is 1. The van der Waals surface area contributed by atoms with Gasteiger partial charge in [-0.2, -0.15) is 4.31 Å². The number of carbonyl (C=O) groups is 3. The maximum Gasteiger partial charge on any atom is 0.261 e. The van der Waals surface area contributed by atoms with Gasteiger partial charge in [-0.3, -0.25) is 19.3 Å². The van der Waals surface area contributed by atoms with Gasteiger partial charge < -0.3 is 10.1 Å². The summed E-state index contributed by atoms with van der Waals surface area (Å²) in [5.74, 6) is -0.464. The first-order valence-corrected chi connectivity index (χ1v) is 12.8. The van der Waals surface area contributed by atoms with Crippen molar-refractivity contribution in [2.75, 3.05) is 32.5 Å². The molecule has 3 amide bonds. The van der Waals surface area contributed by atoms with Crippen LogP contribution in [-0.2, 0) is 27.8 Å². The number of benzene rings is 2. The molecule has 9 nitrogen and oxygen atoms in total. The average molecular weight is 486 g/mol. The molecule has 34 heavy (non-hydrogen) atoms. The van der Waals surface area contributed by atoms with E-state index in [9.17, 15) is 22.8 Å². The van der Waals surface area contributed by atoms with Crippen LogP contribution in [0.2, 0.25) is 0 Å². The van der Waals surface area contributed by atoms with Crippen molar-refractivity contribution < 1.29 is 27.5 Å². The second-order valence-electron chi connectivity index (χ2n) is 8.30. The molecule has 0 radical (unpaired) electrons. The number of amides is 3. The van der Waals surface area contributed by atoms with E-state index in [4.69, 9.17) is 4.74 Å². The summed E-state index contributed by atoms with van der Waals surface area (Å²) < 4.78 is 32.1. The fourth-order valence-corrected chi connectivity index (χ4v) is 5.57. The predicted molar refractivity (Wildman–Crippen MR) is 125 cm³/mol. The van der Waals surface area contributed by atoms with Crippen LogP contribution in [0.25, 0.3) is 0 Å². The number of ether oxygens (including phenoxy) is 1. The quantitative estimate of drug-likeness (QED) is 0.540. The highest BCUT2D eigenvalue weighted by molar-refractivity contribution is 7.89. The third-order valence-electron chi connectivity index (χ3n) is 6.13. The van der Waals surface area contributed by atoms with Gasteiger partial charge in [0.2, 0.25) is 15.9 Å². The Morgan fingerprint density at radius 3 is 2.44 bits per heavy atom. The van der Waals surface area contributed by atoms with Gasteiger partial charge in [-0.05, 0) is 48.2 Å². The SMILES string of the molecule is COc1ccc2c(c1)CCN(S(=O)(=O)CCNC(=O)CCCN1C(=O)c3ccccc3C1=O)C2. The zero-order chi connectivity index (χ0) is 24.3. The van der Waals surface area contributed by atoms with E-state index in [0.717, 1.165) is 21.8 Å². The Morgan fingerprint density at radius 1 is 1.06 bits per heavy atom. The van der Waals surface area contributed by atoms with Gasteiger partial charge in [-0.1, -0.05) is 18.2 Å². The lowest BCUT2D eigenvalue weighted by Gasteiger charge is -2.28. The van der Waals surface area contributed by atoms with Gasteiger partial charge >= 0.3 is 0 Å². The first-order chi connectivity index (χ1) is 16.3. The molecule has 0 saturated heterocycles. The third-order valence-corrected chi connectivity index (χ3v) is 7.95. The number of carbonyl (C=O) groups excluding carboxylic acids is 3. The Morgan fingerprint density at radius 2 is 1.76 bits per heavy atom. The first kappa shape index (κ1) is 23.9. The number of nitrogens with one attached hydrogen (secondary N) is 1. The smallest absolute Gasteiger partial charge is 0.261 e. The Bertz CT molecular complexity index is 1190. The molecule has 4 rings (SSSR count). The minimum Gasteiger partial charge on any atom is -0.497 e. The van der Waals surface area contributed by atoms with Gasteiger partial charge in [0, 0.05) is 32.6 Å². The number of nitrogens with zero attached hydrogens (tertiary/aromatic N) is 2. The Hall–Kier alpha value is -3.24. The van der Waals surface area contributed by atoms with Crippen molar-refractivity contribution in [3.05, 3.63) is 64.7 Å². The van der Waals surface area contributed by atoms with E-state index in [1.165, 1.54) is 4.31 Å². The molecule has 2 aliphatic heterocycles. The lowest BCUT2D eigenvalue weighted by Crippen LogP contribution is -2.40. The van der Waals surface area contributed by atoms with Crippen molar-refractivity contribution in [1.82, 2.24) is 14.5 Å². The average Bonchev–Trinajstić information content (AvgIpc) is 3.08. The second-order valence-corrected chi connectivity index (χ2v) is 10.4. The van der Waals surface area contributed by atoms with Crippen LogP contribution in [0.15, 0.2) is 42.5 Å². The van der Waals surface area contributed by atoms with E-state index in [1.807, 2.05) is 18.2 Å². The van der Waals surface area contributed by atoms with Crippen LogP contribution in [0.4, 0.5) is 0 Å². The first-order valence-electron chi connectivity index (χ1n) is 11.2. The van der Waals surface area contributed by atoms with Gasteiger partial charge in [0.25, 0.3) is 11.8 Å². The molecular formula is C24H27N3O6S. The van der Waals surface area contributed by atoms with Gasteiger partial charge in [-0.25, -0.2) is 8.42 Å². The molecule has 2 aliphatic rings. The highest BCUT2D eigenvalue weighted by atomic mass is 32.2. The van der Waals surface area contributed by atoms with Crippen LogP contribution in [-0.4, -0.2) is 67.8 Å². The fourth-order valence-electron chi connectivity index (χ4n) is 4.24. The fraction of sp³-hybridized carbons (Fsp3) is 0.375. The van der Waals surface area contributed by atoms with E-state index in [1.54, 1.807) is 31.4 Å². The van der Waals surface area contributed by atoms with Gasteiger partial charge in [-0.15, -0.1) is 0 Å². The van der Waals surface area contributed by atoms with Crippen LogP contribution in [0.5, 0.6) is 5.75 Å². The summed E-state index contributed by atoms with van der Waals surface area (Å²) in [5, 5.41) is 2.63. The van der Waals surface area contributed by atoms with E-state index in [2.05, 4.69) is 5.32 Å². The highest BCUT2D eigenvalue weighted by Gasteiger charge is 2.34. The summed E-state index contributed by atoms with van der Waals surface area (Å²) in [4.78, 5) is 38.0. The molecule has 2 aromatic rings. The minimum absolute atomic E-state index is 0.000152. The van der Waals surface area contributed by atoms with Crippen molar-refractivity contribution in [3.8, 4) is 5.75 Å². The van der Waals surface area contributed by atoms with Crippen molar-refractivity contribution in [1.29, 1.82) is 0 Å². The number of fused-ring (bicyclic) bond motifs is 2. The van der Waals surface area contributed by atoms with E-state index < -0.39 is 10.0 Å².